The Morgan fingerprint density at radius 3 is 2.65 bits per heavy atom. The number of thiocarbonyl (C=S) groups is 1. The Morgan fingerprint density at radius 1 is 1.22 bits per heavy atom. The number of rotatable bonds is 2. The molecule has 0 aliphatic carbocycles. The molecule has 116 valence electrons. The van der Waals surface area contributed by atoms with E-state index in [1.165, 1.54) is 19.1 Å². The van der Waals surface area contributed by atoms with Crippen molar-refractivity contribution < 1.29 is 13.6 Å². The highest BCUT2D eigenvalue weighted by Crippen LogP contribution is 2.26. The standard InChI is InChI=1S/C16H12FN3O2S/c1-9(21)18-16(23)19-12-6-7-14-13(8-12)20-15(22-14)10-2-4-11(17)5-3-10/h2-8H,1H3,(H2,18,19,21,23). The summed E-state index contributed by atoms with van der Waals surface area (Å²) in [4.78, 5) is 15.3. The van der Waals surface area contributed by atoms with E-state index in [1.54, 1.807) is 30.3 Å². The van der Waals surface area contributed by atoms with Gasteiger partial charge in [-0.15, -0.1) is 0 Å². The van der Waals surface area contributed by atoms with E-state index in [1.807, 2.05) is 0 Å². The molecule has 1 amide bonds. The lowest BCUT2D eigenvalue weighted by atomic mass is 10.2. The highest BCUT2D eigenvalue weighted by atomic mass is 32.1. The number of carbonyl (C=O) groups is 1. The molecule has 1 aromatic heterocycles. The SMILES string of the molecule is CC(=O)NC(=S)Nc1ccc2oc(-c3ccc(F)cc3)nc2c1. The van der Waals surface area contributed by atoms with E-state index in [4.69, 9.17) is 16.6 Å². The van der Waals surface area contributed by atoms with Gasteiger partial charge in [-0.1, -0.05) is 0 Å². The van der Waals surface area contributed by atoms with E-state index >= 15 is 0 Å². The highest BCUT2D eigenvalue weighted by molar-refractivity contribution is 7.80. The topological polar surface area (TPSA) is 67.2 Å². The molecule has 0 saturated heterocycles. The van der Waals surface area contributed by atoms with Gasteiger partial charge in [-0.3, -0.25) is 4.79 Å². The van der Waals surface area contributed by atoms with E-state index in [9.17, 15) is 9.18 Å². The Morgan fingerprint density at radius 2 is 1.96 bits per heavy atom. The lowest BCUT2D eigenvalue weighted by molar-refractivity contribution is -0.117. The first-order chi connectivity index (χ1) is 11.0. The number of benzene rings is 2. The van der Waals surface area contributed by atoms with Crippen LogP contribution in [-0.2, 0) is 4.79 Å². The van der Waals surface area contributed by atoms with Crippen molar-refractivity contribution in [3.05, 3.63) is 48.3 Å². The third-order valence-corrected chi connectivity index (χ3v) is 3.23. The van der Waals surface area contributed by atoms with Gasteiger partial charge in [0.1, 0.15) is 11.3 Å². The summed E-state index contributed by atoms with van der Waals surface area (Å²) >= 11 is 5.01. The van der Waals surface area contributed by atoms with Gasteiger partial charge in [0.2, 0.25) is 11.8 Å². The minimum Gasteiger partial charge on any atom is -0.436 e. The molecule has 5 nitrogen and oxygen atoms in total. The summed E-state index contributed by atoms with van der Waals surface area (Å²) in [6.07, 6.45) is 0. The summed E-state index contributed by atoms with van der Waals surface area (Å²) < 4.78 is 18.6. The van der Waals surface area contributed by atoms with Gasteiger partial charge in [0.15, 0.2) is 10.7 Å². The minimum atomic E-state index is -0.317. The van der Waals surface area contributed by atoms with E-state index in [2.05, 4.69) is 15.6 Å². The molecular weight excluding hydrogens is 317 g/mol. The number of nitrogens with one attached hydrogen (secondary N) is 2. The maximum absolute atomic E-state index is 13.0. The van der Waals surface area contributed by atoms with Crippen molar-refractivity contribution in [1.29, 1.82) is 0 Å². The van der Waals surface area contributed by atoms with Crippen LogP contribution in [-0.4, -0.2) is 16.0 Å². The normalized spacial score (nSPS) is 10.5. The molecule has 3 rings (SSSR count). The van der Waals surface area contributed by atoms with Crippen LogP contribution in [0.2, 0.25) is 0 Å². The van der Waals surface area contributed by atoms with Crippen molar-refractivity contribution >= 4 is 40.0 Å². The van der Waals surface area contributed by atoms with Crippen molar-refractivity contribution in [3.8, 4) is 11.5 Å². The van der Waals surface area contributed by atoms with Crippen LogP contribution in [0.4, 0.5) is 10.1 Å². The molecule has 3 aromatic rings. The molecule has 0 bridgehead atoms. The number of amides is 1. The molecule has 0 unspecified atom stereocenters. The molecule has 7 heteroatoms. The fraction of sp³-hybridized carbons (Fsp3) is 0.0625. The van der Waals surface area contributed by atoms with Crippen molar-refractivity contribution in [1.82, 2.24) is 10.3 Å². The zero-order chi connectivity index (χ0) is 16.4. The first-order valence-corrected chi connectivity index (χ1v) is 7.17. The third-order valence-electron chi connectivity index (χ3n) is 3.03. The summed E-state index contributed by atoms with van der Waals surface area (Å²) in [5, 5.41) is 5.58. The molecule has 2 aromatic carbocycles. The minimum absolute atomic E-state index is 0.208. The molecule has 2 N–H and O–H groups in total. The number of carbonyl (C=O) groups excluding carboxylic acids is 1. The Bertz CT molecular complexity index is 890. The van der Waals surface area contributed by atoms with Crippen molar-refractivity contribution in [3.63, 3.8) is 0 Å². The van der Waals surface area contributed by atoms with Gasteiger partial charge >= 0.3 is 0 Å². The van der Waals surface area contributed by atoms with Crippen LogP contribution < -0.4 is 10.6 Å². The highest BCUT2D eigenvalue weighted by Gasteiger charge is 2.09. The maximum atomic E-state index is 13.0. The number of hydrogen-bond donors (Lipinski definition) is 2. The van der Waals surface area contributed by atoms with Crippen LogP contribution in [0.25, 0.3) is 22.6 Å². The summed E-state index contributed by atoms with van der Waals surface area (Å²) in [6.45, 7) is 1.38. The predicted molar refractivity (Wildman–Crippen MR) is 89.4 cm³/mol. The van der Waals surface area contributed by atoms with Gasteiger partial charge in [-0.25, -0.2) is 9.37 Å². The molecule has 0 fully saturated rings. The number of fused-ring (bicyclic) bond motifs is 1. The van der Waals surface area contributed by atoms with Crippen molar-refractivity contribution in [2.75, 3.05) is 5.32 Å². The maximum Gasteiger partial charge on any atom is 0.227 e. The summed E-state index contributed by atoms with van der Waals surface area (Å²) in [7, 11) is 0. The second-order valence-electron chi connectivity index (χ2n) is 4.84. The van der Waals surface area contributed by atoms with Crippen LogP contribution >= 0.6 is 12.2 Å². The quantitative estimate of drug-likeness (QED) is 0.705. The fourth-order valence-corrected chi connectivity index (χ4v) is 2.30. The fourth-order valence-electron chi connectivity index (χ4n) is 2.04. The number of anilines is 1. The van der Waals surface area contributed by atoms with Crippen molar-refractivity contribution in [2.24, 2.45) is 0 Å². The predicted octanol–water partition coefficient (Wildman–Crippen LogP) is 3.47. The van der Waals surface area contributed by atoms with Gasteiger partial charge in [0.25, 0.3) is 0 Å². The molecule has 0 aliphatic heterocycles. The molecule has 0 aliphatic rings. The number of halogens is 1. The molecule has 0 saturated carbocycles. The van der Waals surface area contributed by atoms with Gasteiger partial charge in [-0.05, 0) is 54.7 Å². The van der Waals surface area contributed by atoms with Crippen LogP contribution in [0.15, 0.2) is 46.9 Å². The Labute approximate surface area is 136 Å². The number of nitrogens with zero attached hydrogens (tertiary/aromatic N) is 1. The Hall–Kier alpha value is -2.80. The lowest BCUT2D eigenvalue weighted by Crippen LogP contribution is -2.32. The van der Waals surface area contributed by atoms with Crippen LogP contribution in [0.1, 0.15) is 6.92 Å². The first-order valence-electron chi connectivity index (χ1n) is 6.76. The molecule has 1 heterocycles. The monoisotopic (exact) mass is 329 g/mol. The third kappa shape index (κ3) is 3.51. The number of aromatic nitrogens is 1. The lowest BCUT2D eigenvalue weighted by Gasteiger charge is -2.07. The molecule has 0 spiro atoms. The van der Waals surface area contributed by atoms with E-state index in [0.717, 1.165) is 0 Å². The van der Waals surface area contributed by atoms with E-state index in [-0.39, 0.29) is 16.8 Å². The van der Waals surface area contributed by atoms with Gasteiger partial charge in [-0.2, -0.15) is 0 Å². The van der Waals surface area contributed by atoms with Crippen LogP contribution in [0, 0.1) is 5.82 Å². The van der Waals surface area contributed by atoms with E-state index < -0.39 is 0 Å². The largest absolute Gasteiger partial charge is 0.436 e. The van der Waals surface area contributed by atoms with Crippen molar-refractivity contribution in [2.45, 2.75) is 6.92 Å². The van der Waals surface area contributed by atoms with Gasteiger partial charge < -0.3 is 15.1 Å². The van der Waals surface area contributed by atoms with Crippen LogP contribution in [0.3, 0.4) is 0 Å². The molecular formula is C16H12FN3O2S. The smallest absolute Gasteiger partial charge is 0.227 e. The average Bonchev–Trinajstić information content (AvgIpc) is 2.90. The second-order valence-corrected chi connectivity index (χ2v) is 5.25. The summed E-state index contributed by atoms with van der Waals surface area (Å²) in [6, 6.07) is 11.2. The molecule has 0 atom stereocenters. The average molecular weight is 329 g/mol. The molecule has 0 radical (unpaired) electrons. The zero-order valence-electron chi connectivity index (χ0n) is 12.1. The second kappa shape index (κ2) is 6.13. The summed E-state index contributed by atoms with van der Waals surface area (Å²) in [5.41, 5.74) is 2.58. The summed E-state index contributed by atoms with van der Waals surface area (Å²) in [5.74, 6) is -0.159. The Kier molecular flexibility index (Phi) is 4.03. The Balaban J connectivity index is 1.87. The van der Waals surface area contributed by atoms with Crippen LogP contribution in [0.5, 0.6) is 0 Å². The molecule has 23 heavy (non-hydrogen) atoms. The zero-order valence-corrected chi connectivity index (χ0v) is 12.9. The first kappa shape index (κ1) is 15.1. The van der Waals surface area contributed by atoms with E-state index in [0.29, 0.717) is 28.2 Å². The van der Waals surface area contributed by atoms with Gasteiger partial charge in [0.05, 0.1) is 0 Å². The van der Waals surface area contributed by atoms with Gasteiger partial charge in [0, 0.05) is 18.2 Å². The number of hydrogen-bond acceptors (Lipinski definition) is 4. The number of oxazole rings is 1.